The Hall–Kier alpha value is -2.82. The Kier molecular flexibility index (Phi) is 6.02. The first kappa shape index (κ1) is 19.9. The van der Waals surface area contributed by atoms with Gasteiger partial charge in [-0.05, 0) is 36.1 Å². The van der Waals surface area contributed by atoms with E-state index in [0.29, 0.717) is 31.7 Å². The summed E-state index contributed by atoms with van der Waals surface area (Å²) in [5.74, 6) is -0.564. The molecule has 1 N–H and O–H groups in total. The highest BCUT2D eigenvalue weighted by atomic mass is 16.5. The van der Waals surface area contributed by atoms with Gasteiger partial charge < -0.3 is 14.7 Å². The number of nitrogens with zero attached hydrogens (tertiary/aromatic N) is 1. The number of carbonyl (C=O) groups is 2. The molecule has 1 saturated heterocycles. The number of carboxylic acid groups (broad SMARTS) is 1. The Labute approximate surface area is 165 Å². The van der Waals surface area contributed by atoms with Crippen molar-refractivity contribution >= 4 is 11.9 Å². The highest BCUT2D eigenvalue weighted by Gasteiger charge is 2.27. The molecule has 1 amide bonds. The summed E-state index contributed by atoms with van der Waals surface area (Å²) in [6.07, 6.45) is 1.01. The van der Waals surface area contributed by atoms with Crippen molar-refractivity contribution < 1.29 is 19.4 Å². The molecule has 0 aliphatic carbocycles. The first-order valence-corrected chi connectivity index (χ1v) is 9.67. The third-order valence-corrected chi connectivity index (χ3v) is 5.63. The second kappa shape index (κ2) is 8.46. The van der Waals surface area contributed by atoms with Crippen molar-refractivity contribution in [3.63, 3.8) is 0 Å². The summed E-state index contributed by atoms with van der Waals surface area (Å²) in [4.78, 5) is 25.0. The smallest absolute Gasteiger partial charge is 0.306 e. The van der Waals surface area contributed by atoms with Gasteiger partial charge in [-0.15, -0.1) is 0 Å². The maximum atomic E-state index is 12.3. The van der Waals surface area contributed by atoms with Crippen LogP contribution in [0.15, 0.2) is 54.6 Å². The molecular weight excluding hydrogens is 354 g/mol. The van der Waals surface area contributed by atoms with Gasteiger partial charge in [0.2, 0.25) is 0 Å². The Bertz CT molecular complexity index is 806. The predicted octanol–water partition coefficient (Wildman–Crippen LogP) is 3.71. The van der Waals surface area contributed by atoms with Gasteiger partial charge in [0.1, 0.15) is 5.75 Å². The Morgan fingerprint density at radius 1 is 1.00 bits per heavy atom. The number of carbonyl (C=O) groups excluding carboxylic acids is 1. The summed E-state index contributed by atoms with van der Waals surface area (Å²) in [5.41, 5.74) is 2.29. The number of amides is 1. The van der Waals surface area contributed by atoms with Gasteiger partial charge in [0.15, 0.2) is 6.61 Å². The fraction of sp³-hybridized carbons (Fsp3) is 0.391. The lowest BCUT2D eigenvalue weighted by molar-refractivity contribution is -0.146. The molecule has 1 aliphatic rings. The molecule has 3 rings (SSSR count). The highest BCUT2D eigenvalue weighted by molar-refractivity contribution is 5.78. The lowest BCUT2D eigenvalue weighted by Crippen LogP contribution is -2.42. The lowest BCUT2D eigenvalue weighted by Gasteiger charge is -2.30. The molecule has 0 saturated carbocycles. The standard InChI is InChI=1S/C23H27NO4/c1-23(2,18-6-4-3-5-7-18)19-8-10-20(11-9-19)28-16-21(25)24-14-12-17(13-15-24)22(26)27/h3-11,17H,12-16H2,1-2H3,(H,26,27). The molecule has 0 unspecified atom stereocenters. The molecule has 28 heavy (non-hydrogen) atoms. The molecular formula is C23H27NO4. The van der Waals surface area contributed by atoms with E-state index in [2.05, 4.69) is 26.0 Å². The van der Waals surface area contributed by atoms with Crippen LogP contribution in [0, 0.1) is 5.92 Å². The zero-order valence-corrected chi connectivity index (χ0v) is 16.4. The summed E-state index contributed by atoms with van der Waals surface area (Å²) in [7, 11) is 0. The molecule has 5 nitrogen and oxygen atoms in total. The van der Waals surface area contributed by atoms with Gasteiger partial charge in [-0.2, -0.15) is 0 Å². The molecule has 0 spiro atoms. The minimum absolute atomic E-state index is 0.0286. The fourth-order valence-corrected chi connectivity index (χ4v) is 3.60. The molecule has 2 aromatic carbocycles. The van der Waals surface area contributed by atoms with Gasteiger partial charge in [0.25, 0.3) is 5.91 Å². The Balaban J connectivity index is 1.55. The minimum Gasteiger partial charge on any atom is -0.484 e. The zero-order chi connectivity index (χ0) is 20.1. The van der Waals surface area contributed by atoms with Crippen LogP contribution in [0.25, 0.3) is 0 Å². The van der Waals surface area contributed by atoms with Crippen molar-refractivity contribution in [2.75, 3.05) is 19.7 Å². The average Bonchev–Trinajstić information content (AvgIpc) is 2.73. The van der Waals surface area contributed by atoms with E-state index in [1.165, 1.54) is 11.1 Å². The van der Waals surface area contributed by atoms with Crippen LogP contribution in [0.4, 0.5) is 0 Å². The summed E-state index contributed by atoms with van der Waals surface area (Å²) in [6.45, 7) is 5.29. The Morgan fingerprint density at radius 3 is 2.14 bits per heavy atom. The number of ether oxygens (including phenoxy) is 1. The van der Waals surface area contributed by atoms with Crippen molar-refractivity contribution in [3.05, 3.63) is 65.7 Å². The number of hydrogen-bond donors (Lipinski definition) is 1. The van der Waals surface area contributed by atoms with Gasteiger partial charge >= 0.3 is 5.97 Å². The second-order valence-electron chi connectivity index (χ2n) is 7.80. The molecule has 1 fully saturated rings. The van der Waals surface area contributed by atoms with Gasteiger partial charge in [-0.25, -0.2) is 0 Å². The fourth-order valence-electron chi connectivity index (χ4n) is 3.60. The quantitative estimate of drug-likeness (QED) is 0.828. The van der Waals surface area contributed by atoms with Crippen LogP contribution in [-0.4, -0.2) is 41.6 Å². The monoisotopic (exact) mass is 381 g/mol. The largest absolute Gasteiger partial charge is 0.484 e. The molecule has 1 aliphatic heterocycles. The van der Waals surface area contributed by atoms with E-state index in [9.17, 15) is 9.59 Å². The van der Waals surface area contributed by atoms with E-state index in [-0.39, 0.29) is 23.8 Å². The van der Waals surface area contributed by atoms with Crippen molar-refractivity contribution in [2.45, 2.75) is 32.1 Å². The van der Waals surface area contributed by atoms with Gasteiger partial charge in [0, 0.05) is 18.5 Å². The molecule has 0 bridgehead atoms. The summed E-state index contributed by atoms with van der Waals surface area (Å²) >= 11 is 0. The van der Waals surface area contributed by atoms with E-state index in [1.807, 2.05) is 42.5 Å². The number of likely N-dealkylation sites (tertiary alicyclic amines) is 1. The number of carboxylic acids is 1. The minimum atomic E-state index is -0.776. The van der Waals surface area contributed by atoms with Crippen LogP contribution in [0.5, 0.6) is 5.75 Å². The SMILES string of the molecule is CC(C)(c1ccccc1)c1ccc(OCC(=O)N2CCC(C(=O)O)CC2)cc1. The number of piperidine rings is 1. The number of hydrogen-bond acceptors (Lipinski definition) is 3. The normalized spacial score (nSPS) is 15.3. The van der Waals surface area contributed by atoms with Crippen molar-refractivity contribution in [3.8, 4) is 5.75 Å². The van der Waals surface area contributed by atoms with E-state index in [0.717, 1.165) is 0 Å². The lowest BCUT2D eigenvalue weighted by atomic mass is 9.78. The molecule has 1 heterocycles. The van der Waals surface area contributed by atoms with Crippen molar-refractivity contribution in [1.29, 1.82) is 0 Å². The molecule has 0 radical (unpaired) electrons. The number of aliphatic carboxylic acids is 1. The Morgan fingerprint density at radius 2 is 1.57 bits per heavy atom. The van der Waals surface area contributed by atoms with Crippen molar-refractivity contribution in [2.24, 2.45) is 5.92 Å². The van der Waals surface area contributed by atoms with Gasteiger partial charge in [-0.1, -0.05) is 56.3 Å². The van der Waals surface area contributed by atoms with Gasteiger partial charge in [-0.3, -0.25) is 9.59 Å². The third kappa shape index (κ3) is 4.53. The highest BCUT2D eigenvalue weighted by Crippen LogP contribution is 2.32. The predicted molar refractivity (Wildman–Crippen MR) is 107 cm³/mol. The van der Waals surface area contributed by atoms with Crippen LogP contribution >= 0.6 is 0 Å². The third-order valence-electron chi connectivity index (χ3n) is 5.63. The zero-order valence-electron chi connectivity index (χ0n) is 16.4. The average molecular weight is 381 g/mol. The van der Waals surface area contributed by atoms with Crippen LogP contribution < -0.4 is 4.74 Å². The second-order valence-corrected chi connectivity index (χ2v) is 7.80. The number of rotatable bonds is 6. The molecule has 148 valence electrons. The maximum Gasteiger partial charge on any atom is 0.306 e. The number of benzene rings is 2. The van der Waals surface area contributed by atoms with E-state index < -0.39 is 5.97 Å². The summed E-state index contributed by atoms with van der Waals surface area (Å²) in [5, 5.41) is 9.04. The van der Waals surface area contributed by atoms with Crippen LogP contribution in [0.1, 0.15) is 37.8 Å². The van der Waals surface area contributed by atoms with Crippen molar-refractivity contribution in [1.82, 2.24) is 4.90 Å². The molecule has 5 heteroatoms. The topological polar surface area (TPSA) is 66.8 Å². The molecule has 0 atom stereocenters. The molecule has 0 aromatic heterocycles. The summed E-state index contributed by atoms with van der Waals surface area (Å²) in [6, 6.07) is 18.2. The van der Waals surface area contributed by atoms with E-state index >= 15 is 0 Å². The first-order chi connectivity index (χ1) is 13.4. The van der Waals surface area contributed by atoms with E-state index in [4.69, 9.17) is 9.84 Å². The first-order valence-electron chi connectivity index (χ1n) is 9.67. The van der Waals surface area contributed by atoms with Gasteiger partial charge in [0.05, 0.1) is 5.92 Å². The van der Waals surface area contributed by atoms with E-state index in [1.54, 1.807) is 4.90 Å². The maximum absolute atomic E-state index is 12.3. The molecule has 2 aromatic rings. The van der Waals surface area contributed by atoms with Crippen LogP contribution in [-0.2, 0) is 15.0 Å². The summed E-state index contributed by atoms with van der Waals surface area (Å²) < 4.78 is 5.66. The van der Waals surface area contributed by atoms with Crippen LogP contribution in [0.3, 0.4) is 0 Å². The van der Waals surface area contributed by atoms with Crippen LogP contribution in [0.2, 0.25) is 0 Å².